The predicted molar refractivity (Wildman–Crippen MR) is 161 cm³/mol. The molecule has 0 spiro atoms. The van der Waals surface area contributed by atoms with Crippen LogP contribution in [0, 0.1) is 0 Å². The van der Waals surface area contributed by atoms with Crippen LogP contribution in [0.4, 0.5) is 0 Å². The summed E-state index contributed by atoms with van der Waals surface area (Å²) in [6, 6.07) is 0. The lowest BCUT2D eigenvalue weighted by atomic mass is 10.0. The van der Waals surface area contributed by atoms with Crippen LogP contribution in [-0.4, -0.2) is 82.1 Å². The summed E-state index contributed by atoms with van der Waals surface area (Å²) in [6.45, 7) is 7.19. The van der Waals surface area contributed by atoms with Crippen molar-refractivity contribution in [1.29, 1.82) is 0 Å². The molecule has 1 unspecified atom stereocenters. The van der Waals surface area contributed by atoms with Crippen LogP contribution in [0.5, 0.6) is 0 Å². The number of ether oxygens (including phenoxy) is 6. The fourth-order valence-corrected chi connectivity index (χ4v) is 5.83. The number of rotatable bonds is 25. The van der Waals surface area contributed by atoms with E-state index in [0.29, 0.717) is 32.7 Å². The predicted octanol–water partition coefficient (Wildman–Crippen LogP) is 7.36. The molecular formula is C33H64O7. The van der Waals surface area contributed by atoms with Crippen molar-refractivity contribution in [1.82, 2.24) is 0 Å². The minimum absolute atomic E-state index is 0.0211. The Balaban J connectivity index is 1.59. The van der Waals surface area contributed by atoms with Crippen molar-refractivity contribution in [2.75, 3.05) is 40.1 Å². The van der Waals surface area contributed by atoms with Crippen LogP contribution in [0.3, 0.4) is 0 Å². The van der Waals surface area contributed by atoms with E-state index in [4.69, 9.17) is 28.4 Å². The maximum Gasteiger partial charge on any atom is 0.160 e. The summed E-state index contributed by atoms with van der Waals surface area (Å²) in [5, 5.41) is 9.78. The van der Waals surface area contributed by atoms with E-state index >= 15 is 0 Å². The Morgan fingerprint density at radius 3 is 2.05 bits per heavy atom. The van der Waals surface area contributed by atoms with Gasteiger partial charge in [0.05, 0.1) is 43.7 Å². The van der Waals surface area contributed by atoms with Crippen LogP contribution in [0.1, 0.15) is 136 Å². The van der Waals surface area contributed by atoms with Gasteiger partial charge in [-0.3, -0.25) is 0 Å². The Morgan fingerprint density at radius 2 is 1.35 bits per heavy atom. The van der Waals surface area contributed by atoms with Gasteiger partial charge in [0.25, 0.3) is 0 Å². The fraction of sp³-hybridized carbons (Fsp3) is 1.00. The molecule has 0 aliphatic carbocycles. The summed E-state index contributed by atoms with van der Waals surface area (Å²) >= 11 is 0. The summed E-state index contributed by atoms with van der Waals surface area (Å²) in [5.41, 5.74) is 0. The summed E-state index contributed by atoms with van der Waals surface area (Å²) in [6.07, 6.45) is 22.0. The zero-order chi connectivity index (χ0) is 28.7. The number of hydrogen-bond donors (Lipinski definition) is 1. The smallest absolute Gasteiger partial charge is 0.160 e. The van der Waals surface area contributed by atoms with Gasteiger partial charge in [-0.15, -0.1) is 0 Å². The van der Waals surface area contributed by atoms with Gasteiger partial charge in [0, 0.05) is 46.2 Å². The van der Waals surface area contributed by atoms with Gasteiger partial charge >= 0.3 is 0 Å². The molecule has 6 atom stereocenters. The quantitative estimate of drug-likeness (QED) is 0.115. The molecule has 2 aliphatic heterocycles. The summed E-state index contributed by atoms with van der Waals surface area (Å²) in [5.74, 6) is 0. The van der Waals surface area contributed by atoms with Gasteiger partial charge in [-0.1, -0.05) is 90.9 Å². The molecule has 2 fully saturated rings. The fourth-order valence-electron chi connectivity index (χ4n) is 5.83. The minimum atomic E-state index is -0.380. The van der Waals surface area contributed by atoms with Crippen molar-refractivity contribution in [2.45, 2.75) is 173 Å². The van der Waals surface area contributed by atoms with E-state index < -0.39 is 0 Å². The Morgan fingerprint density at radius 1 is 0.700 bits per heavy atom. The highest BCUT2D eigenvalue weighted by atomic mass is 16.7. The average Bonchev–Trinajstić information content (AvgIpc) is 2.98. The second-order valence-electron chi connectivity index (χ2n) is 12.0. The number of unbranched alkanes of at least 4 members (excludes halogenated alkanes) is 11. The van der Waals surface area contributed by atoms with Crippen LogP contribution in [-0.2, 0) is 28.4 Å². The molecule has 2 rings (SSSR count). The molecule has 2 saturated heterocycles. The molecule has 0 aromatic carbocycles. The second-order valence-corrected chi connectivity index (χ2v) is 12.0. The van der Waals surface area contributed by atoms with Crippen molar-refractivity contribution >= 4 is 0 Å². The van der Waals surface area contributed by atoms with E-state index in [2.05, 4.69) is 13.8 Å². The first-order valence-electron chi connectivity index (χ1n) is 16.9. The molecule has 2 aliphatic rings. The lowest BCUT2D eigenvalue weighted by Gasteiger charge is -2.36. The maximum atomic E-state index is 9.78. The summed E-state index contributed by atoms with van der Waals surface area (Å²) in [7, 11) is 1.80. The van der Waals surface area contributed by atoms with Gasteiger partial charge in [-0.25, -0.2) is 0 Å². The van der Waals surface area contributed by atoms with Crippen molar-refractivity contribution < 1.29 is 33.5 Å². The van der Waals surface area contributed by atoms with Crippen molar-refractivity contribution in [2.24, 2.45) is 0 Å². The van der Waals surface area contributed by atoms with E-state index in [1.165, 1.54) is 77.0 Å². The van der Waals surface area contributed by atoms with Gasteiger partial charge in [0.15, 0.2) is 6.29 Å². The van der Waals surface area contributed by atoms with E-state index in [1.54, 1.807) is 7.11 Å². The van der Waals surface area contributed by atoms with Gasteiger partial charge in [0.2, 0.25) is 0 Å². The van der Waals surface area contributed by atoms with Gasteiger partial charge < -0.3 is 33.5 Å². The highest BCUT2D eigenvalue weighted by molar-refractivity contribution is 4.76. The molecule has 0 aromatic heterocycles. The maximum absolute atomic E-state index is 9.78. The molecule has 0 bridgehead atoms. The highest BCUT2D eigenvalue weighted by Crippen LogP contribution is 2.25. The topological polar surface area (TPSA) is 75.6 Å². The first-order valence-corrected chi connectivity index (χ1v) is 16.9. The SMILES string of the molecule is CCCCCCCCCCO[C@@H]1CCO[C@H](CO[C@H]2C[C@@H](OCC[C@@H](CCCCCCC)OC)CC(CO)O2)C1. The largest absolute Gasteiger partial charge is 0.394 e. The molecule has 7 heteroatoms. The zero-order valence-electron chi connectivity index (χ0n) is 26.3. The third-order valence-corrected chi connectivity index (χ3v) is 8.42. The molecule has 238 valence electrons. The summed E-state index contributed by atoms with van der Waals surface area (Å²) in [4.78, 5) is 0. The normalized spacial score (nSPS) is 26.2. The van der Waals surface area contributed by atoms with E-state index in [9.17, 15) is 5.11 Å². The highest BCUT2D eigenvalue weighted by Gasteiger charge is 2.32. The van der Waals surface area contributed by atoms with E-state index in [0.717, 1.165) is 38.7 Å². The molecule has 40 heavy (non-hydrogen) atoms. The van der Waals surface area contributed by atoms with Gasteiger partial charge in [-0.2, -0.15) is 0 Å². The van der Waals surface area contributed by atoms with Crippen LogP contribution in [0.15, 0.2) is 0 Å². The first-order chi connectivity index (χ1) is 19.7. The van der Waals surface area contributed by atoms with Crippen LogP contribution < -0.4 is 0 Å². The number of aliphatic hydroxyl groups is 1. The third-order valence-electron chi connectivity index (χ3n) is 8.42. The molecule has 0 radical (unpaired) electrons. The monoisotopic (exact) mass is 572 g/mol. The van der Waals surface area contributed by atoms with Gasteiger partial charge in [0.1, 0.15) is 0 Å². The molecule has 2 heterocycles. The van der Waals surface area contributed by atoms with E-state index in [-0.39, 0.29) is 43.4 Å². The first kappa shape index (κ1) is 35.9. The van der Waals surface area contributed by atoms with Crippen LogP contribution >= 0.6 is 0 Å². The zero-order valence-corrected chi connectivity index (χ0v) is 26.3. The molecule has 0 saturated carbocycles. The molecule has 1 N–H and O–H groups in total. The minimum Gasteiger partial charge on any atom is -0.394 e. The van der Waals surface area contributed by atoms with E-state index in [1.807, 2.05) is 0 Å². The number of aliphatic hydroxyl groups excluding tert-OH is 1. The second kappa shape index (κ2) is 24.2. The van der Waals surface area contributed by atoms with Crippen molar-refractivity contribution in [3.8, 4) is 0 Å². The Hall–Kier alpha value is -0.280. The lowest BCUT2D eigenvalue weighted by Crippen LogP contribution is -2.42. The van der Waals surface area contributed by atoms with Crippen LogP contribution in [0.25, 0.3) is 0 Å². The van der Waals surface area contributed by atoms with Gasteiger partial charge in [-0.05, 0) is 25.7 Å². The molecule has 0 amide bonds. The van der Waals surface area contributed by atoms with Crippen LogP contribution in [0.2, 0.25) is 0 Å². The Labute approximate surface area is 246 Å². The number of methoxy groups -OCH3 is 1. The molecule has 7 nitrogen and oxygen atoms in total. The number of hydrogen-bond acceptors (Lipinski definition) is 7. The summed E-state index contributed by atoms with van der Waals surface area (Å²) < 4.78 is 36.2. The third kappa shape index (κ3) is 17.0. The van der Waals surface area contributed by atoms with Crippen molar-refractivity contribution in [3.05, 3.63) is 0 Å². The standard InChI is InChI=1S/C33H64O7/c1-4-6-8-10-11-12-14-16-20-36-29-19-22-38-32(23-29)27-39-33-25-30(24-31(26-34)40-33)37-21-18-28(35-3)17-15-13-9-7-5-2/h28-34H,4-27H2,1-3H3/t28-,29-,30+,31?,32+,33-/m1/s1. The Kier molecular flexibility index (Phi) is 21.7. The molecule has 0 aromatic rings. The molecular weight excluding hydrogens is 508 g/mol. The van der Waals surface area contributed by atoms with Crippen molar-refractivity contribution in [3.63, 3.8) is 0 Å². The average molecular weight is 573 g/mol. The lowest BCUT2D eigenvalue weighted by molar-refractivity contribution is -0.240. The Bertz CT molecular complexity index is 563.